The highest BCUT2D eigenvalue weighted by Gasteiger charge is 2.07. The van der Waals surface area contributed by atoms with E-state index in [9.17, 15) is 0 Å². The van der Waals surface area contributed by atoms with Crippen molar-refractivity contribution in [2.75, 3.05) is 11.2 Å². The van der Waals surface area contributed by atoms with Gasteiger partial charge in [-0.1, -0.05) is 41.4 Å². The summed E-state index contributed by atoms with van der Waals surface area (Å²) in [6.07, 6.45) is 1.65. The second-order valence-corrected chi connectivity index (χ2v) is 4.53. The maximum atomic E-state index is 5.78. The molecule has 0 aliphatic heterocycles. The Morgan fingerprint density at radius 3 is 2.84 bits per heavy atom. The Labute approximate surface area is 120 Å². The molecule has 1 aromatic heterocycles. The van der Waals surface area contributed by atoms with Crippen LogP contribution in [0, 0.1) is 6.92 Å². The number of aromatic nitrogens is 2. The van der Waals surface area contributed by atoms with Gasteiger partial charge in [-0.3, -0.25) is 5.43 Å². The Morgan fingerprint density at radius 2 is 2.11 bits per heavy atom. The molecule has 2 rings (SSSR count). The van der Waals surface area contributed by atoms with Gasteiger partial charge in [-0.05, 0) is 24.1 Å². The smallest absolute Gasteiger partial charge is 0.225 e. The summed E-state index contributed by atoms with van der Waals surface area (Å²) in [7, 11) is 0. The molecule has 0 radical (unpaired) electrons. The summed E-state index contributed by atoms with van der Waals surface area (Å²) < 4.78 is 0. The predicted molar refractivity (Wildman–Crippen MR) is 78.9 cm³/mol. The average molecular weight is 296 g/mol. The molecule has 19 heavy (non-hydrogen) atoms. The van der Waals surface area contributed by atoms with Crippen LogP contribution in [0.15, 0.2) is 29.4 Å². The van der Waals surface area contributed by atoms with Crippen LogP contribution in [0.25, 0.3) is 0 Å². The summed E-state index contributed by atoms with van der Waals surface area (Å²) in [6.45, 7) is 2.01. The second-order valence-electron chi connectivity index (χ2n) is 3.83. The number of anilines is 2. The molecule has 0 amide bonds. The lowest BCUT2D eigenvalue weighted by Crippen LogP contribution is -2.02. The highest BCUT2D eigenvalue weighted by atomic mass is 35.5. The first-order chi connectivity index (χ1) is 9.06. The maximum absolute atomic E-state index is 5.78. The fourth-order valence-electron chi connectivity index (χ4n) is 1.42. The SMILES string of the molecule is Cc1cccc(C=NNc2nc(Cl)nc(Cl)c2N)c1. The van der Waals surface area contributed by atoms with Crippen molar-refractivity contribution in [2.45, 2.75) is 6.92 Å². The van der Waals surface area contributed by atoms with Gasteiger partial charge in [0.1, 0.15) is 5.69 Å². The topological polar surface area (TPSA) is 76.2 Å². The van der Waals surface area contributed by atoms with Crippen LogP contribution in [0.4, 0.5) is 11.5 Å². The normalized spacial score (nSPS) is 10.9. The predicted octanol–water partition coefficient (Wildman–Crippen LogP) is 3.12. The number of benzene rings is 1. The molecule has 5 nitrogen and oxygen atoms in total. The molecule has 1 heterocycles. The summed E-state index contributed by atoms with van der Waals surface area (Å²) in [4.78, 5) is 7.62. The molecule has 0 atom stereocenters. The minimum atomic E-state index is 0.00690. The van der Waals surface area contributed by atoms with E-state index in [1.54, 1.807) is 6.21 Å². The van der Waals surface area contributed by atoms with Crippen LogP contribution < -0.4 is 11.2 Å². The summed E-state index contributed by atoms with van der Waals surface area (Å²) in [5.41, 5.74) is 10.7. The summed E-state index contributed by atoms with van der Waals surface area (Å²) >= 11 is 11.5. The fraction of sp³-hybridized carbons (Fsp3) is 0.0833. The van der Waals surface area contributed by atoms with Gasteiger partial charge in [0.2, 0.25) is 5.28 Å². The van der Waals surface area contributed by atoms with Crippen molar-refractivity contribution in [1.82, 2.24) is 9.97 Å². The fourth-order valence-corrected chi connectivity index (χ4v) is 1.80. The van der Waals surface area contributed by atoms with E-state index in [0.29, 0.717) is 0 Å². The lowest BCUT2D eigenvalue weighted by Gasteiger charge is -2.04. The molecule has 0 aliphatic rings. The van der Waals surface area contributed by atoms with E-state index in [2.05, 4.69) is 20.5 Å². The van der Waals surface area contributed by atoms with E-state index in [1.165, 1.54) is 0 Å². The highest BCUT2D eigenvalue weighted by molar-refractivity contribution is 6.34. The Balaban J connectivity index is 2.15. The van der Waals surface area contributed by atoms with Gasteiger partial charge in [0.15, 0.2) is 11.0 Å². The average Bonchev–Trinajstić information content (AvgIpc) is 2.35. The monoisotopic (exact) mass is 295 g/mol. The van der Waals surface area contributed by atoms with Crippen molar-refractivity contribution >= 4 is 40.9 Å². The molecule has 0 spiro atoms. The number of nitrogens with two attached hydrogens (primary N) is 1. The molecule has 0 unspecified atom stereocenters. The van der Waals surface area contributed by atoms with E-state index in [0.717, 1.165) is 11.1 Å². The number of hydrogen-bond donors (Lipinski definition) is 2. The van der Waals surface area contributed by atoms with E-state index in [-0.39, 0.29) is 21.9 Å². The van der Waals surface area contributed by atoms with Gasteiger partial charge in [0, 0.05) is 0 Å². The van der Waals surface area contributed by atoms with E-state index in [4.69, 9.17) is 28.9 Å². The molecule has 7 heteroatoms. The lowest BCUT2D eigenvalue weighted by molar-refractivity contribution is 1.14. The minimum absolute atomic E-state index is 0.00690. The largest absolute Gasteiger partial charge is 0.393 e. The zero-order valence-corrected chi connectivity index (χ0v) is 11.6. The van der Waals surface area contributed by atoms with Gasteiger partial charge in [0.25, 0.3) is 0 Å². The molecule has 0 bridgehead atoms. The number of hydrogen-bond acceptors (Lipinski definition) is 5. The van der Waals surface area contributed by atoms with Crippen molar-refractivity contribution in [3.63, 3.8) is 0 Å². The Bertz CT molecular complexity index is 628. The van der Waals surface area contributed by atoms with Crippen LogP contribution in [0.2, 0.25) is 10.4 Å². The van der Waals surface area contributed by atoms with Crippen molar-refractivity contribution in [1.29, 1.82) is 0 Å². The molecule has 0 fully saturated rings. The minimum Gasteiger partial charge on any atom is -0.393 e. The molecule has 98 valence electrons. The third-order valence-electron chi connectivity index (χ3n) is 2.30. The highest BCUT2D eigenvalue weighted by Crippen LogP contribution is 2.24. The first kappa shape index (κ1) is 13.6. The van der Waals surface area contributed by atoms with Crippen LogP contribution in [-0.4, -0.2) is 16.2 Å². The van der Waals surface area contributed by atoms with Crippen molar-refractivity contribution in [3.8, 4) is 0 Å². The number of rotatable bonds is 3. The number of nitrogens with one attached hydrogen (secondary N) is 1. The van der Waals surface area contributed by atoms with Crippen LogP contribution in [-0.2, 0) is 0 Å². The van der Waals surface area contributed by atoms with E-state index < -0.39 is 0 Å². The molecule has 0 saturated carbocycles. The first-order valence-electron chi connectivity index (χ1n) is 5.40. The first-order valence-corrected chi connectivity index (χ1v) is 6.16. The second kappa shape index (κ2) is 5.86. The molecule has 2 aromatic rings. The number of hydrazone groups is 1. The van der Waals surface area contributed by atoms with Gasteiger partial charge in [-0.2, -0.15) is 10.1 Å². The molecular weight excluding hydrogens is 285 g/mol. The van der Waals surface area contributed by atoms with Gasteiger partial charge in [0.05, 0.1) is 6.21 Å². The zero-order chi connectivity index (χ0) is 13.8. The summed E-state index contributed by atoms with van der Waals surface area (Å²) in [5.74, 6) is 0.272. The number of nitrogens with zero attached hydrogens (tertiary/aromatic N) is 3. The van der Waals surface area contributed by atoms with Crippen molar-refractivity contribution in [3.05, 3.63) is 45.8 Å². The Kier molecular flexibility index (Phi) is 4.19. The van der Waals surface area contributed by atoms with Gasteiger partial charge in [-0.25, -0.2) is 4.98 Å². The molecular formula is C12H11Cl2N5. The summed E-state index contributed by atoms with van der Waals surface area (Å²) in [5, 5.41) is 4.13. The lowest BCUT2D eigenvalue weighted by atomic mass is 10.2. The number of nitrogen functional groups attached to an aromatic ring is 1. The number of aryl methyl sites for hydroxylation is 1. The van der Waals surface area contributed by atoms with Crippen LogP contribution in [0.1, 0.15) is 11.1 Å². The zero-order valence-electron chi connectivity index (χ0n) is 10.1. The van der Waals surface area contributed by atoms with Gasteiger partial charge >= 0.3 is 0 Å². The molecule has 0 saturated heterocycles. The van der Waals surface area contributed by atoms with Gasteiger partial charge in [-0.15, -0.1) is 0 Å². The van der Waals surface area contributed by atoms with Crippen molar-refractivity contribution < 1.29 is 0 Å². The molecule has 3 N–H and O–H groups in total. The number of halogens is 2. The third-order valence-corrected chi connectivity index (χ3v) is 2.76. The molecule has 0 aliphatic carbocycles. The van der Waals surface area contributed by atoms with Crippen LogP contribution >= 0.6 is 23.2 Å². The van der Waals surface area contributed by atoms with E-state index >= 15 is 0 Å². The third kappa shape index (κ3) is 3.56. The Hall–Kier alpha value is -1.85. The van der Waals surface area contributed by atoms with Gasteiger partial charge < -0.3 is 5.73 Å². The quantitative estimate of drug-likeness (QED) is 0.395. The van der Waals surface area contributed by atoms with Crippen molar-refractivity contribution in [2.24, 2.45) is 5.10 Å². The Morgan fingerprint density at radius 1 is 1.32 bits per heavy atom. The molecule has 1 aromatic carbocycles. The standard InChI is InChI=1S/C12H11Cl2N5/c1-7-3-2-4-8(5-7)6-16-19-11-9(15)10(13)17-12(14)18-11/h2-6H,15H2,1H3,(H,17,18,19). The van der Waals surface area contributed by atoms with E-state index in [1.807, 2.05) is 31.2 Å². The van der Waals surface area contributed by atoms with Crippen LogP contribution in [0.3, 0.4) is 0 Å². The maximum Gasteiger partial charge on any atom is 0.225 e. The van der Waals surface area contributed by atoms with Crippen LogP contribution in [0.5, 0.6) is 0 Å². The summed E-state index contributed by atoms with van der Waals surface area (Å²) in [6, 6.07) is 7.88.